The topological polar surface area (TPSA) is 149 Å². The van der Waals surface area contributed by atoms with Crippen molar-refractivity contribution in [3.8, 4) is 0 Å². The lowest BCUT2D eigenvalue weighted by Crippen LogP contribution is -2.41. The Morgan fingerprint density at radius 3 is 1.61 bits per heavy atom. The molecule has 8 nitrogen and oxygen atoms in total. The molecule has 0 aromatic rings. The maximum Gasteiger partial charge on any atom is 0.333 e. The first-order chi connectivity index (χ1) is 7.75. The molecule has 1 rings (SSSR count). The molecule has 0 unspecified atom stereocenters. The second-order valence-electron chi connectivity index (χ2n) is 3.48. The van der Waals surface area contributed by atoms with Crippen molar-refractivity contribution in [1.82, 2.24) is 0 Å². The van der Waals surface area contributed by atoms with Crippen LogP contribution >= 0.6 is 12.4 Å². The summed E-state index contributed by atoms with van der Waals surface area (Å²) in [6, 6.07) is 0. The summed E-state index contributed by atoms with van der Waals surface area (Å²) in [7, 11) is 0. The van der Waals surface area contributed by atoms with Crippen molar-refractivity contribution in [2.24, 2.45) is 5.41 Å². The van der Waals surface area contributed by atoms with Crippen molar-refractivity contribution < 1.29 is 39.6 Å². The molecule has 0 saturated carbocycles. The summed E-state index contributed by atoms with van der Waals surface area (Å²) >= 11 is 0. The number of rotatable bonds is 4. The zero-order chi connectivity index (χ0) is 13.4. The number of carboxylic acids is 4. The van der Waals surface area contributed by atoms with Crippen LogP contribution in [0.5, 0.6) is 0 Å². The van der Waals surface area contributed by atoms with E-state index in [0.29, 0.717) is 0 Å². The predicted molar refractivity (Wildman–Crippen MR) is 56.5 cm³/mol. The summed E-state index contributed by atoms with van der Waals surface area (Å²) in [6.45, 7) is 0. The molecule has 0 spiro atoms. The van der Waals surface area contributed by atoms with Crippen LogP contribution in [0.15, 0.2) is 11.1 Å². The molecule has 0 radical (unpaired) electrons. The molecule has 100 valence electrons. The summed E-state index contributed by atoms with van der Waals surface area (Å²) in [6.07, 6.45) is -0.990. The van der Waals surface area contributed by atoms with Crippen molar-refractivity contribution in [1.29, 1.82) is 0 Å². The first-order valence-electron chi connectivity index (χ1n) is 4.42. The molecule has 1 aliphatic carbocycles. The predicted octanol–water partition coefficient (Wildman–Crippen LogP) is -0.177. The lowest BCUT2D eigenvalue weighted by molar-refractivity contribution is -0.163. The fourth-order valence-corrected chi connectivity index (χ4v) is 1.86. The largest absolute Gasteiger partial charge is 0.480 e. The summed E-state index contributed by atoms with van der Waals surface area (Å²) < 4.78 is 0. The van der Waals surface area contributed by atoms with Gasteiger partial charge in [0.25, 0.3) is 0 Å². The summed E-state index contributed by atoms with van der Waals surface area (Å²) in [5, 5.41) is 35.3. The van der Waals surface area contributed by atoms with Crippen LogP contribution in [0.2, 0.25) is 0 Å². The van der Waals surface area contributed by atoms with E-state index in [1.54, 1.807) is 0 Å². The van der Waals surface area contributed by atoms with Crippen molar-refractivity contribution in [2.45, 2.75) is 12.8 Å². The lowest BCUT2D eigenvalue weighted by Gasteiger charge is -2.20. The van der Waals surface area contributed by atoms with Gasteiger partial charge >= 0.3 is 23.9 Å². The number of halogens is 1. The Bertz CT molecular complexity index is 449. The normalized spacial score (nSPS) is 16.9. The molecule has 0 saturated heterocycles. The zero-order valence-electron chi connectivity index (χ0n) is 8.74. The molecule has 0 aromatic carbocycles. The maximum absolute atomic E-state index is 11.0. The van der Waals surface area contributed by atoms with Crippen LogP contribution in [0.4, 0.5) is 0 Å². The Hall–Kier alpha value is -2.09. The average Bonchev–Trinajstić information content (AvgIpc) is 2.57. The van der Waals surface area contributed by atoms with Crippen LogP contribution in [-0.2, 0) is 19.2 Å². The summed E-state index contributed by atoms with van der Waals surface area (Å²) in [4.78, 5) is 43.6. The fourth-order valence-electron chi connectivity index (χ4n) is 1.86. The Balaban J connectivity index is 0.00000289. The Kier molecular flexibility index (Phi) is 4.46. The molecule has 0 aliphatic heterocycles. The van der Waals surface area contributed by atoms with Crippen molar-refractivity contribution in [2.75, 3.05) is 0 Å². The highest BCUT2D eigenvalue weighted by Gasteiger charge is 2.58. The van der Waals surface area contributed by atoms with E-state index in [1.807, 2.05) is 0 Å². The number of carbonyl (C=O) groups is 4. The van der Waals surface area contributed by atoms with Gasteiger partial charge in [0, 0.05) is 5.57 Å². The van der Waals surface area contributed by atoms with Crippen LogP contribution in [0, 0.1) is 5.41 Å². The minimum absolute atomic E-state index is 0. The third kappa shape index (κ3) is 2.02. The molecule has 0 heterocycles. The van der Waals surface area contributed by atoms with E-state index < -0.39 is 53.3 Å². The quantitative estimate of drug-likeness (QED) is 0.518. The summed E-state index contributed by atoms with van der Waals surface area (Å²) in [5.41, 5.74) is -4.44. The average molecular weight is 281 g/mol. The van der Waals surface area contributed by atoms with Gasteiger partial charge in [0.05, 0.1) is 5.57 Å². The molecule has 0 aromatic heterocycles. The van der Waals surface area contributed by atoms with E-state index in [-0.39, 0.29) is 12.4 Å². The van der Waals surface area contributed by atoms with Gasteiger partial charge in [-0.25, -0.2) is 9.59 Å². The van der Waals surface area contributed by atoms with E-state index in [0.717, 1.165) is 0 Å². The van der Waals surface area contributed by atoms with E-state index in [2.05, 4.69) is 0 Å². The van der Waals surface area contributed by atoms with Gasteiger partial charge in [-0.1, -0.05) is 0 Å². The molecular weight excluding hydrogens is 272 g/mol. The highest BCUT2D eigenvalue weighted by molar-refractivity contribution is 6.14. The molecule has 0 fully saturated rings. The van der Waals surface area contributed by atoms with Gasteiger partial charge in [0.15, 0.2) is 5.41 Å². The van der Waals surface area contributed by atoms with Crippen LogP contribution in [-0.4, -0.2) is 44.3 Å². The van der Waals surface area contributed by atoms with Crippen molar-refractivity contribution in [3.05, 3.63) is 11.1 Å². The molecule has 0 amide bonds. The third-order valence-corrected chi connectivity index (χ3v) is 2.68. The van der Waals surface area contributed by atoms with Crippen LogP contribution in [0.3, 0.4) is 0 Å². The second-order valence-corrected chi connectivity index (χ2v) is 3.48. The molecular formula is C9H9ClO8. The van der Waals surface area contributed by atoms with Gasteiger partial charge in [-0.2, -0.15) is 0 Å². The molecule has 1 aliphatic rings. The number of hydrogen-bond donors (Lipinski definition) is 4. The van der Waals surface area contributed by atoms with E-state index in [1.165, 1.54) is 0 Å². The highest BCUT2D eigenvalue weighted by atomic mass is 35.5. The van der Waals surface area contributed by atoms with Crippen LogP contribution < -0.4 is 0 Å². The van der Waals surface area contributed by atoms with Crippen LogP contribution in [0.25, 0.3) is 0 Å². The molecule has 4 N–H and O–H groups in total. The van der Waals surface area contributed by atoms with Gasteiger partial charge in [-0.15, -0.1) is 12.4 Å². The number of carboxylic acid groups (broad SMARTS) is 4. The van der Waals surface area contributed by atoms with Gasteiger partial charge < -0.3 is 20.4 Å². The van der Waals surface area contributed by atoms with E-state index >= 15 is 0 Å². The lowest BCUT2D eigenvalue weighted by atomic mass is 9.81. The number of hydrogen-bond acceptors (Lipinski definition) is 4. The first-order valence-corrected chi connectivity index (χ1v) is 4.42. The minimum Gasteiger partial charge on any atom is -0.480 e. The van der Waals surface area contributed by atoms with Crippen LogP contribution in [0.1, 0.15) is 12.8 Å². The van der Waals surface area contributed by atoms with Gasteiger partial charge in [-0.05, 0) is 12.8 Å². The SMILES string of the molecule is Cl.O=C(O)C1=C(C(=O)O)C(C(=O)O)(C(=O)O)CC1. The van der Waals surface area contributed by atoms with Gasteiger partial charge in [0.1, 0.15) is 0 Å². The minimum atomic E-state index is -2.68. The van der Waals surface area contributed by atoms with Gasteiger partial charge in [0.2, 0.25) is 0 Å². The highest BCUT2D eigenvalue weighted by Crippen LogP contribution is 2.44. The van der Waals surface area contributed by atoms with E-state index in [4.69, 9.17) is 20.4 Å². The molecule has 18 heavy (non-hydrogen) atoms. The Labute approximate surface area is 106 Å². The smallest absolute Gasteiger partial charge is 0.333 e. The van der Waals surface area contributed by atoms with Gasteiger partial charge in [-0.3, -0.25) is 9.59 Å². The Morgan fingerprint density at radius 1 is 0.889 bits per heavy atom. The Morgan fingerprint density at radius 2 is 1.33 bits per heavy atom. The number of aliphatic carboxylic acids is 4. The van der Waals surface area contributed by atoms with E-state index in [9.17, 15) is 19.2 Å². The standard InChI is InChI=1S/C9H8O8.ClH/c10-5(11)3-1-2-9(7(14)15,8(16)17)4(3)6(12)13;/h1-2H2,(H,10,11)(H,12,13)(H,14,15)(H,16,17);1H. The monoisotopic (exact) mass is 280 g/mol. The van der Waals surface area contributed by atoms with Crippen molar-refractivity contribution >= 4 is 36.3 Å². The zero-order valence-corrected chi connectivity index (χ0v) is 9.56. The fraction of sp³-hybridized carbons (Fsp3) is 0.333. The maximum atomic E-state index is 11.0. The third-order valence-electron chi connectivity index (χ3n) is 2.68. The first kappa shape index (κ1) is 15.9. The molecule has 9 heteroatoms. The van der Waals surface area contributed by atoms with Crippen molar-refractivity contribution in [3.63, 3.8) is 0 Å². The summed E-state index contributed by atoms with van der Waals surface area (Å²) in [5.74, 6) is -7.21. The molecule has 0 bridgehead atoms. The second kappa shape index (κ2) is 5.05. The molecule has 0 atom stereocenters.